The SMILES string of the molecule is CCC1(C(N)=O)CCCCC1N1CCCC1c1ccccc1. The Bertz CT molecular complexity index is 515. The third-order valence-electron chi connectivity index (χ3n) is 5.99. The molecule has 3 atom stereocenters. The average molecular weight is 300 g/mol. The van der Waals surface area contributed by atoms with Crippen LogP contribution in [0.25, 0.3) is 0 Å². The molecule has 1 aliphatic carbocycles. The third kappa shape index (κ3) is 2.56. The second kappa shape index (κ2) is 6.41. The minimum atomic E-state index is -0.324. The molecule has 2 fully saturated rings. The van der Waals surface area contributed by atoms with Crippen molar-refractivity contribution in [1.29, 1.82) is 0 Å². The molecule has 0 bridgehead atoms. The molecule has 3 rings (SSSR count). The summed E-state index contributed by atoms with van der Waals surface area (Å²) in [5.74, 6) is -0.0848. The molecular formula is C19H28N2O. The minimum absolute atomic E-state index is 0.0848. The summed E-state index contributed by atoms with van der Waals surface area (Å²) in [5, 5.41) is 0. The molecule has 1 amide bonds. The van der Waals surface area contributed by atoms with Gasteiger partial charge >= 0.3 is 0 Å². The van der Waals surface area contributed by atoms with Crippen molar-refractivity contribution in [1.82, 2.24) is 4.90 Å². The smallest absolute Gasteiger partial charge is 0.225 e. The van der Waals surface area contributed by atoms with Crippen molar-refractivity contribution >= 4 is 5.91 Å². The first-order valence-electron chi connectivity index (χ1n) is 8.79. The number of primary amides is 1. The highest BCUT2D eigenvalue weighted by Crippen LogP contribution is 2.47. The molecule has 2 N–H and O–H groups in total. The lowest BCUT2D eigenvalue weighted by atomic mass is 9.67. The Morgan fingerprint density at radius 3 is 2.68 bits per heavy atom. The largest absolute Gasteiger partial charge is 0.369 e. The first-order chi connectivity index (χ1) is 10.7. The Kier molecular flexibility index (Phi) is 4.53. The highest BCUT2D eigenvalue weighted by molar-refractivity contribution is 5.81. The highest BCUT2D eigenvalue weighted by Gasteiger charge is 2.49. The number of carbonyl (C=O) groups is 1. The summed E-state index contributed by atoms with van der Waals surface area (Å²) < 4.78 is 0. The van der Waals surface area contributed by atoms with E-state index in [-0.39, 0.29) is 11.3 Å². The second-order valence-corrected chi connectivity index (χ2v) is 6.94. The molecule has 0 aromatic heterocycles. The molecule has 3 nitrogen and oxygen atoms in total. The first-order valence-corrected chi connectivity index (χ1v) is 8.79. The van der Waals surface area contributed by atoms with Crippen molar-refractivity contribution in [2.24, 2.45) is 11.1 Å². The highest BCUT2D eigenvalue weighted by atomic mass is 16.1. The average Bonchev–Trinajstić information content (AvgIpc) is 3.04. The maximum atomic E-state index is 12.3. The fourth-order valence-corrected chi connectivity index (χ4v) is 4.77. The summed E-state index contributed by atoms with van der Waals surface area (Å²) in [4.78, 5) is 14.9. The van der Waals surface area contributed by atoms with Gasteiger partial charge in [0.2, 0.25) is 5.91 Å². The minimum Gasteiger partial charge on any atom is -0.369 e. The Morgan fingerprint density at radius 1 is 1.23 bits per heavy atom. The van der Waals surface area contributed by atoms with Crippen molar-refractivity contribution in [2.45, 2.75) is 64.0 Å². The number of carbonyl (C=O) groups excluding carboxylic acids is 1. The maximum absolute atomic E-state index is 12.3. The second-order valence-electron chi connectivity index (χ2n) is 6.94. The standard InChI is InChI=1S/C19H28N2O/c1-2-19(18(20)22)13-7-6-12-17(19)21-14-8-11-16(21)15-9-4-3-5-10-15/h3-5,9-10,16-17H,2,6-8,11-14H2,1H3,(H2,20,22). The van der Waals surface area contributed by atoms with E-state index in [1.807, 2.05) is 0 Å². The monoisotopic (exact) mass is 300 g/mol. The summed E-state index contributed by atoms with van der Waals surface area (Å²) in [7, 11) is 0. The van der Waals surface area contributed by atoms with Gasteiger partial charge in [-0.2, -0.15) is 0 Å². The van der Waals surface area contributed by atoms with Crippen LogP contribution in [-0.4, -0.2) is 23.4 Å². The van der Waals surface area contributed by atoms with Gasteiger partial charge in [0.15, 0.2) is 0 Å². The fourth-order valence-electron chi connectivity index (χ4n) is 4.77. The molecule has 1 heterocycles. The van der Waals surface area contributed by atoms with Crippen LogP contribution < -0.4 is 5.73 Å². The molecule has 22 heavy (non-hydrogen) atoms. The van der Waals surface area contributed by atoms with E-state index in [1.54, 1.807) is 0 Å². The number of rotatable bonds is 4. The summed E-state index contributed by atoms with van der Waals surface area (Å²) >= 11 is 0. The van der Waals surface area contributed by atoms with E-state index in [4.69, 9.17) is 5.73 Å². The number of nitrogens with two attached hydrogens (primary N) is 1. The molecular weight excluding hydrogens is 272 g/mol. The van der Waals surface area contributed by atoms with Gasteiger partial charge in [0.25, 0.3) is 0 Å². The predicted octanol–water partition coefficient (Wildman–Crippen LogP) is 3.65. The Hall–Kier alpha value is -1.35. The van der Waals surface area contributed by atoms with Gasteiger partial charge in [-0.15, -0.1) is 0 Å². The molecule has 3 heteroatoms. The number of nitrogens with zero attached hydrogens (tertiary/aromatic N) is 1. The van der Waals surface area contributed by atoms with Crippen LogP contribution in [0.3, 0.4) is 0 Å². The predicted molar refractivity (Wildman–Crippen MR) is 89.3 cm³/mol. The molecule has 0 spiro atoms. The Balaban J connectivity index is 1.91. The van der Waals surface area contributed by atoms with Crippen LogP contribution in [-0.2, 0) is 4.79 Å². The zero-order valence-corrected chi connectivity index (χ0v) is 13.6. The maximum Gasteiger partial charge on any atom is 0.225 e. The van der Waals surface area contributed by atoms with Gasteiger partial charge in [0.1, 0.15) is 0 Å². The number of likely N-dealkylation sites (tertiary alicyclic amines) is 1. The van der Waals surface area contributed by atoms with E-state index in [1.165, 1.54) is 24.8 Å². The van der Waals surface area contributed by atoms with Gasteiger partial charge in [-0.3, -0.25) is 9.69 Å². The lowest BCUT2D eigenvalue weighted by Crippen LogP contribution is -2.55. The van der Waals surface area contributed by atoms with Crippen molar-refractivity contribution in [3.63, 3.8) is 0 Å². The first kappa shape index (κ1) is 15.5. The summed E-state index contributed by atoms with van der Waals surface area (Å²) in [5.41, 5.74) is 6.95. The van der Waals surface area contributed by atoms with Crippen LogP contribution in [0, 0.1) is 5.41 Å². The Labute approximate surface area is 133 Å². The van der Waals surface area contributed by atoms with E-state index < -0.39 is 0 Å². The van der Waals surface area contributed by atoms with Crippen LogP contribution in [0.15, 0.2) is 30.3 Å². The lowest BCUT2D eigenvalue weighted by Gasteiger charge is -2.47. The van der Waals surface area contributed by atoms with Gasteiger partial charge in [-0.1, -0.05) is 50.1 Å². The van der Waals surface area contributed by atoms with Gasteiger partial charge in [-0.25, -0.2) is 0 Å². The summed E-state index contributed by atoms with van der Waals surface area (Å²) in [6, 6.07) is 11.5. The number of hydrogen-bond acceptors (Lipinski definition) is 2. The van der Waals surface area contributed by atoms with Crippen LogP contribution in [0.1, 0.15) is 63.5 Å². The zero-order chi connectivity index (χ0) is 15.6. The summed E-state index contributed by atoms with van der Waals surface area (Å²) in [6.45, 7) is 3.23. The zero-order valence-electron chi connectivity index (χ0n) is 13.6. The topological polar surface area (TPSA) is 46.3 Å². The molecule has 1 aromatic carbocycles. The summed E-state index contributed by atoms with van der Waals surface area (Å²) in [6.07, 6.45) is 7.70. The molecule has 120 valence electrons. The fraction of sp³-hybridized carbons (Fsp3) is 0.632. The van der Waals surface area contributed by atoms with Gasteiger partial charge in [-0.05, 0) is 44.2 Å². The van der Waals surface area contributed by atoms with Crippen molar-refractivity contribution in [3.05, 3.63) is 35.9 Å². The number of hydrogen-bond donors (Lipinski definition) is 1. The molecule has 1 aromatic rings. The van der Waals surface area contributed by atoms with E-state index in [9.17, 15) is 4.79 Å². The normalized spacial score (nSPS) is 33.0. The lowest BCUT2D eigenvalue weighted by molar-refractivity contribution is -0.135. The molecule has 1 saturated carbocycles. The van der Waals surface area contributed by atoms with Crippen LogP contribution in [0.2, 0.25) is 0 Å². The van der Waals surface area contributed by atoms with Crippen molar-refractivity contribution < 1.29 is 4.79 Å². The van der Waals surface area contributed by atoms with Gasteiger partial charge in [0.05, 0.1) is 5.41 Å². The molecule has 0 radical (unpaired) electrons. The molecule has 3 unspecified atom stereocenters. The number of amides is 1. The van der Waals surface area contributed by atoms with E-state index in [2.05, 4.69) is 42.2 Å². The van der Waals surface area contributed by atoms with Gasteiger partial charge < -0.3 is 5.73 Å². The van der Waals surface area contributed by atoms with E-state index in [0.29, 0.717) is 12.1 Å². The Morgan fingerprint density at radius 2 is 2.00 bits per heavy atom. The van der Waals surface area contributed by atoms with Crippen LogP contribution in [0.4, 0.5) is 0 Å². The van der Waals surface area contributed by atoms with Crippen molar-refractivity contribution in [3.8, 4) is 0 Å². The molecule has 1 saturated heterocycles. The quantitative estimate of drug-likeness (QED) is 0.922. The van der Waals surface area contributed by atoms with Crippen LogP contribution >= 0.6 is 0 Å². The van der Waals surface area contributed by atoms with E-state index in [0.717, 1.165) is 32.2 Å². The molecule has 2 aliphatic rings. The third-order valence-corrected chi connectivity index (χ3v) is 5.99. The molecule has 1 aliphatic heterocycles. The van der Waals surface area contributed by atoms with Gasteiger partial charge in [0, 0.05) is 12.1 Å². The van der Waals surface area contributed by atoms with Crippen molar-refractivity contribution in [2.75, 3.05) is 6.54 Å². The van der Waals surface area contributed by atoms with E-state index >= 15 is 0 Å². The number of benzene rings is 1. The van der Waals surface area contributed by atoms with Crippen LogP contribution in [0.5, 0.6) is 0 Å².